The summed E-state index contributed by atoms with van der Waals surface area (Å²) < 4.78 is 2.60. The number of carbonyl (C=O) groups excluding carboxylic acids is 1. The van der Waals surface area contributed by atoms with Crippen LogP contribution < -0.4 is 5.32 Å². The second-order valence-electron chi connectivity index (χ2n) is 6.65. The zero-order chi connectivity index (χ0) is 19.7. The number of benzene rings is 2. The van der Waals surface area contributed by atoms with E-state index in [1.807, 2.05) is 62.4 Å². The molecule has 1 N–H and O–H groups in total. The summed E-state index contributed by atoms with van der Waals surface area (Å²) in [5.41, 5.74) is 3.86. The fraction of sp³-hybridized carbons (Fsp3) is 0.190. The van der Waals surface area contributed by atoms with Crippen LogP contribution in [0.2, 0.25) is 5.02 Å². The van der Waals surface area contributed by atoms with E-state index in [2.05, 4.69) is 10.4 Å². The van der Waals surface area contributed by atoms with Crippen LogP contribution in [0.5, 0.6) is 0 Å². The summed E-state index contributed by atoms with van der Waals surface area (Å²) in [5.74, 6) is 0.559. The van der Waals surface area contributed by atoms with Gasteiger partial charge in [0.1, 0.15) is 5.82 Å². The zero-order valence-electron chi connectivity index (χ0n) is 15.6. The Balaban J connectivity index is 1.58. The third kappa shape index (κ3) is 3.79. The van der Waals surface area contributed by atoms with E-state index in [4.69, 9.17) is 16.6 Å². The molecule has 142 valence electrons. The lowest BCUT2D eigenvalue weighted by molar-refractivity contribution is -0.116. The minimum atomic E-state index is -0.0553. The number of hydrogen-bond acceptors (Lipinski definition) is 4. The predicted octanol–water partition coefficient (Wildman–Crippen LogP) is 5.32. The first-order valence-corrected chi connectivity index (χ1v) is 10.2. The molecule has 0 aliphatic carbocycles. The molecule has 0 fully saturated rings. The molecule has 2 aromatic heterocycles. The number of aryl methyl sites for hydroxylation is 3. The SMILES string of the molecule is Cc1cc(NC(=O)CCc2ccccc2)n(-c2nc3c(C)ccc(Cl)c3s2)n1. The molecule has 1 amide bonds. The van der Waals surface area contributed by atoms with Gasteiger partial charge in [-0.1, -0.05) is 59.3 Å². The molecular weight excluding hydrogens is 392 g/mol. The maximum atomic E-state index is 12.5. The molecule has 0 spiro atoms. The van der Waals surface area contributed by atoms with Crippen molar-refractivity contribution in [3.05, 3.63) is 70.4 Å². The van der Waals surface area contributed by atoms with Gasteiger partial charge in [0.25, 0.3) is 0 Å². The van der Waals surface area contributed by atoms with Crippen molar-refractivity contribution in [3.63, 3.8) is 0 Å². The van der Waals surface area contributed by atoms with Gasteiger partial charge >= 0.3 is 0 Å². The van der Waals surface area contributed by atoms with Crippen molar-refractivity contribution in [2.24, 2.45) is 0 Å². The summed E-state index contributed by atoms with van der Waals surface area (Å²) in [6.45, 7) is 3.89. The highest BCUT2D eigenvalue weighted by atomic mass is 35.5. The average molecular weight is 411 g/mol. The lowest BCUT2D eigenvalue weighted by Gasteiger charge is -2.06. The highest BCUT2D eigenvalue weighted by molar-refractivity contribution is 7.21. The lowest BCUT2D eigenvalue weighted by Crippen LogP contribution is -2.15. The molecule has 2 heterocycles. The Hall–Kier alpha value is -2.70. The summed E-state index contributed by atoms with van der Waals surface area (Å²) in [5, 5.41) is 8.83. The van der Waals surface area contributed by atoms with Crippen LogP contribution in [0.25, 0.3) is 15.3 Å². The average Bonchev–Trinajstić information content (AvgIpc) is 3.28. The van der Waals surface area contributed by atoms with Crippen LogP contribution in [0.1, 0.15) is 23.2 Å². The number of rotatable bonds is 5. The van der Waals surface area contributed by atoms with Gasteiger partial charge in [-0.25, -0.2) is 4.98 Å². The smallest absolute Gasteiger partial charge is 0.225 e. The fourth-order valence-corrected chi connectivity index (χ4v) is 4.31. The number of anilines is 1. The molecule has 5 nitrogen and oxygen atoms in total. The van der Waals surface area contributed by atoms with Crippen LogP contribution in [0.4, 0.5) is 5.82 Å². The van der Waals surface area contributed by atoms with Crippen molar-refractivity contribution in [1.29, 1.82) is 0 Å². The minimum Gasteiger partial charge on any atom is -0.310 e. The predicted molar refractivity (Wildman–Crippen MR) is 115 cm³/mol. The van der Waals surface area contributed by atoms with Crippen molar-refractivity contribution >= 4 is 44.9 Å². The second kappa shape index (κ2) is 7.73. The Morgan fingerprint density at radius 3 is 2.71 bits per heavy atom. The van der Waals surface area contributed by atoms with Crippen LogP contribution in [-0.4, -0.2) is 20.7 Å². The molecule has 2 aromatic carbocycles. The topological polar surface area (TPSA) is 59.8 Å². The highest BCUT2D eigenvalue weighted by Gasteiger charge is 2.16. The van der Waals surface area contributed by atoms with Crippen molar-refractivity contribution in [2.75, 3.05) is 5.32 Å². The van der Waals surface area contributed by atoms with E-state index in [1.54, 1.807) is 4.68 Å². The number of hydrogen-bond donors (Lipinski definition) is 1. The van der Waals surface area contributed by atoms with Gasteiger partial charge in [0, 0.05) is 12.5 Å². The third-order valence-electron chi connectivity index (χ3n) is 4.45. The van der Waals surface area contributed by atoms with Crippen LogP contribution >= 0.6 is 22.9 Å². The van der Waals surface area contributed by atoms with Gasteiger partial charge in [0.05, 0.1) is 20.9 Å². The first-order valence-electron chi connectivity index (χ1n) is 8.98. The molecule has 0 unspecified atom stereocenters. The molecule has 28 heavy (non-hydrogen) atoms. The van der Waals surface area contributed by atoms with Crippen molar-refractivity contribution in [2.45, 2.75) is 26.7 Å². The van der Waals surface area contributed by atoms with E-state index in [0.29, 0.717) is 28.8 Å². The van der Waals surface area contributed by atoms with E-state index in [9.17, 15) is 4.79 Å². The highest BCUT2D eigenvalue weighted by Crippen LogP contribution is 2.34. The molecule has 4 rings (SSSR count). The zero-order valence-corrected chi connectivity index (χ0v) is 17.1. The number of fused-ring (bicyclic) bond motifs is 1. The van der Waals surface area contributed by atoms with Gasteiger partial charge in [-0.15, -0.1) is 0 Å². The number of carbonyl (C=O) groups is 1. The van der Waals surface area contributed by atoms with Gasteiger partial charge < -0.3 is 5.32 Å². The molecule has 0 aliphatic heterocycles. The monoisotopic (exact) mass is 410 g/mol. The van der Waals surface area contributed by atoms with Gasteiger partial charge in [0.15, 0.2) is 0 Å². The number of nitrogens with zero attached hydrogens (tertiary/aromatic N) is 3. The van der Waals surface area contributed by atoms with Crippen molar-refractivity contribution in [1.82, 2.24) is 14.8 Å². The van der Waals surface area contributed by atoms with Crippen molar-refractivity contribution in [3.8, 4) is 5.13 Å². The van der Waals surface area contributed by atoms with Crippen molar-refractivity contribution < 1.29 is 4.79 Å². The molecule has 0 atom stereocenters. The van der Waals surface area contributed by atoms with E-state index in [1.165, 1.54) is 11.3 Å². The quantitative estimate of drug-likeness (QED) is 0.484. The summed E-state index contributed by atoms with van der Waals surface area (Å²) in [6, 6.07) is 15.6. The molecule has 0 saturated carbocycles. The molecular formula is C21H19ClN4OS. The Labute approximate surface area is 172 Å². The maximum Gasteiger partial charge on any atom is 0.225 e. The third-order valence-corrected chi connectivity index (χ3v) is 5.94. The summed E-state index contributed by atoms with van der Waals surface area (Å²) >= 11 is 7.79. The summed E-state index contributed by atoms with van der Waals surface area (Å²) in [6.07, 6.45) is 1.09. The lowest BCUT2D eigenvalue weighted by atomic mass is 10.1. The molecule has 0 radical (unpaired) electrons. The Bertz CT molecular complexity index is 1110. The fourth-order valence-electron chi connectivity index (χ4n) is 3.02. The number of aromatic nitrogens is 3. The van der Waals surface area contributed by atoms with E-state index >= 15 is 0 Å². The van der Waals surface area contributed by atoms with E-state index in [-0.39, 0.29) is 5.91 Å². The number of thiazole rings is 1. The Morgan fingerprint density at radius 2 is 1.96 bits per heavy atom. The van der Waals surface area contributed by atoms with Crippen LogP contribution in [0.3, 0.4) is 0 Å². The largest absolute Gasteiger partial charge is 0.310 e. The summed E-state index contributed by atoms with van der Waals surface area (Å²) in [4.78, 5) is 17.2. The number of amides is 1. The first-order chi connectivity index (χ1) is 13.5. The maximum absolute atomic E-state index is 12.5. The number of nitrogens with one attached hydrogen (secondary N) is 1. The van der Waals surface area contributed by atoms with Crippen LogP contribution in [-0.2, 0) is 11.2 Å². The molecule has 0 bridgehead atoms. The molecule has 7 heteroatoms. The molecule has 0 aliphatic rings. The first kappa shape index (κ1) is 18.7. The normalized spacial score (nSPS) is 11.1. The minimum absolute atomic E-state index is 0.0553. The Kier molecular flexibility index (Phi) is 5.15. The van der Waals surface area contributed by atoms with Gasteiger partial charge in [-0.2, -0.15) is 9.78 Å². The van der Waals surface area contributed by atoms with Crippen LogP contribution in [0.15, 0.2) is 48.5 Å². The standard InChI is InChI=1S/C21H19ClN4OS/c1-13-8-10-16(22)20-19(13)24-21(28-20)26-17(12-14(2)25-26)23-18(27)11-9-15-6-4-3-5-7-15/h3-8,10,12H,9,11H2,1-2H3,(H,23,27). The Morgan fingerprint density at radius 1 is 1.18 bits per heavy atom. The van der Waals surface area contributed by atoms with Gasteiger partial charge in [-0.3, -0.25) is 4.79 Å². The van der Waals surface area contributed by atoms with E-state index < -0.39 is 0 Å². The van der Waals surface area contributed by atoms with Gasteiger partial charge in [0.2, 0.25) is 11.0 Å². The van der Waals surface area contributed by atoms with E-state index in [0.717, 1.165) is 27.0 Å². The molecule has 4 aromatic rings. The van der Waals surface area contributed by atoms with Gasteiger partial charge in [-0.05, 0) is 37.5 Å². The molecule has 0 saturated heterocycles. The summed E-state index contributed by atoms with van der Waals surface area (Å²) in [7, 11) is 0. The van der Waals surface area contributed by atoms with Crippen LogP contribution in [0, 0.1) is 13.8 Å². The second-order valence-corrected chi connectivity index (χ2v) is 8.04. The number of halogens is 1.